The second-order valence-corrected chi connectivity index (χ2v) is 7.69. The van der Waals surface area contributed by atoms with Gasteiger partial charge in [0, 0.05) is 12.1 Å². The van der Waals surface area contributed by atoms with Crippen molar-refractivity contribution in [1.29, 1.82) is 0 Å². The van der Waals surface area contributed by atoms with Gasteiger partial charge in [0.15, 0.2) is 0 Å². The fraction of sp³-hybridized carbons (Fsp3) is 0.348. The zero-order chi connectivity index (χ0) is 24.4. The van der Waals surface area contributed by atoms with E-state index >= 15 is 0 Å². The Bertz CT molecular complexity index is 962. The average Bonchev–Trinajstić information content (AvgIpc) is 2.80. The molecule has 0 aliphatic carbocycles. The average molecular weight is 457 g/mol. The van der Waals surface area contributed by atoms with Gasteiger partial charge >= 0.3 is 12.1 Å². The molecule has 0 bridgehead atoms. The number of amides is 2. The van der Waals surface area contributed by atoms with Crippen LogP contribution < -0.4 is 10.6 Å². The Kier molecular flexibility index (Phi) is 9.34. The van der Waals surface area contributed by atoms with Crippen LogP contribution in [0.2, 0.25) is 0 Å². The monoisotopic (exact) mass is 457 g/mol. The summed E-state index contributed by atoms with van der Waals surface area (Å²) in [6, 6.07) is 12.8. The molecular formula is C23H27N3O7. The summed E-state index contributed by atoms with van der Waals surface area (Å²) < 4.78 is 10.3. The molecule has 0 unspecified atom stereocenters. The first-order chi connectivity index (χ1) is 15.7. The highest BCUT2D eigenvalue weighted by Crippen LogP contribution is 2.13. The highest BCUT2D eigenvalue weighted by molar-refractivity contribution is 5.89. The second kappa shape index (κ2) is 12.2. The fourth-order valence-electron chi connectivity index (χ4n) is 2.78. The minimum Gasteiger partial charge on any atom is -0.459 e. The number of alkyl carbamates (subject to hydrolysis) is 1. The third-order valence-corrected chi connectivity index (χ3v) is 4.68. The van der Waals surface area contributed by atoms with Gasteiger partial charge < -0.3 is 20.1 Å². The largest absolute Gasteiger partial charge is 0.459 e. The minimum atomic E-state index is -0.973. The minimum absolute atomic E-state index is 0.0600. The molecule has 33 heavy (non-hydrogen) atoms. The molecule has 2 amide bonds. The van der Waals surface area contributed by atoms with Crippen LogP contribution in [-0.2, 0) is 32.3 Å². The Balaban J connectivity index is 1.83. The van der Waals surface area contributed by atoms with Gasteiger partial charge in [-0.05, 0) is 36.1 Å². The van der Waals surface area contributed by atoms with Crippen LogP contribution in [0.3, 0.4) is 0 Å². The van der Waals surface area contributed by atoms with Crippen LogP contribution in [0.4, 0.5) is 10.5 Å². The molecule has 0 aliphatic heterocycles. The number of carbonyl (C=O) groups excluding carboxylic acids is 3. The molecule has 176 valence electrons. The van der Waals surface area contributed by atoms with E-state index in [-0.39, 0.29) is 24.8 Å². The molecule has 0 saturated carbocycles. The summed E-state index contributed by atoms with van der Waals surface area (Å²) >= 11 is 0. The van der Waals surface area contributed by atoms with Crippen molar-refractivity contribution in [3.63, 3.8) is 0 Å². The summed E-state index contributed by atoms with van der Waals surface area (Å²) in [4.78, 5) is 47.2. The lowest BCUT2D eigenvalue weighted by Crippen LogP contribution is -2.53. The Labute approximate surface area is 191 Å². The van der Waals surface area contributed by atoms with E-state index in [1.165, 1.54) is 31.2 Å². The van der Waals surface area contributed by atoms with Crippen molar-refractivity contribution in [3.05, 3.63) is 75.8 Å². The number of carbonyl (C=O) groups is 3. The van der Waals surface area contributed by atoms with Crippen molar-refractivity contribution in [2.24, 2.45) is 5.92 Å². The van der Waals surface area contributed by atoms with E-state index in [1.54, 1.807) is 13.8 Å². The van der Waals surface area contributed by atoms with Crippen LogP contribution in [0.1, 0.15) is 31.9 Å². The summed E-state index contributed by atoms with van der Waals surface area (Å²) in [5.41, 5.74) is 1.30. The molecule has 0 spiro atoms. The molecule has 0 aliphatic rings. The standard InChI is InChI=1S/C23H27N3O7/c1-15(2)20(25-23(29)33-14-17-7-5-4-6-8-17)21(27)24-16(3)22(28)32-13-18-9-11-19(12-10-18)26(30)31/h4-12,15-16,20H,13-14H2,1-3H3,(H,24,27)(H,25,29)/t16-,20+/m0/s1. The predicted octanol–water partition coefficient (Wildman–Crippen LogP) is 3.09. The van der Waals surface area contributed by atoms with Gasteiger partial charge in [0.25, 0.3) is 5.69 Å². The molecule has 2 aromatic carbocycles. The van der Waals surface area contributed by atoms with Gasteiger partial charge in [-0.1, -0.05) is 44.2 Å². The van der Waals surface area contributed by atoms with E-state index < -0.39 is 35.0 Å². The molecule has 10 nitrogen and oxygen atoms in total. The van der Waals surface area contributed by atoms with Crippen LogP contribution in [0.15, 0.2) is 54.6 Å². The smallest absolute Gasteiger partial charge is 0.408 e. The maximum atomic E-state index is 12.6. The van der Waals surface area contributed by atoms with Crippen molar-refractivity contribution in [2.45, 2.75) is 46.1 Å². The van der Waals surface area contributed by atoms with Crippen LogP contribution >= 0.6 is 0 Å². The molecule has 0 saturated heterocycles. The van der Waals surface area contributed by atoms with E-state index in [1.807, 2.05) is 30.3 Å². The van der Waals surface area contributed by atoms with Crippen molar-refractivity contribution in [3.8, 4) is 0 Å². The fourth-order valence-corrected chi connectivity index (χ4v) is 2.78. The Morgan fingerprint density at radius 2 is 1.45 bits per heavy atom. The number of hydrogen-bond acceptors (Lipinski definition) is 7. The molecule has 0 aromatic heterocycles. The lowest BCUT2D eigenvalue weighted by Gasteiger charge is -2.23. The third kappa shape index (κ3) is 8.24. The maximum Gasteiger partial charge on any atom is 0.408 e. The molecule has 0 fully saturated rings. The van der Waals surface area contributed by atoms with Gasteiger partial charge in [0.1, 0.15) is 25.3 Å². The van der Waals surface area contributed by atoms with Crippen molar-refractivity contribution in [1.82, 2.24) is 10.6 Å². The van der Waals surface area contributed by atoms with Crippen molar-refractivity contribution in [2.75, 3.05) is 0 Å². The Morgan fingerprint density at radius 3 is 2.03 bits per heavy atom. The zero-order valence-corrected chi connectivity index (χ0v) is 18.6. The summed E-state index contributed by atoms with van der Waals surface area (Å²) in [6.07, 6.45) is -0.749. The molecule has 2 atom stereocenters. The predicted molar refractivity (Wildman–Crippen MR) is 119 cm³/mol. The van der Waals surface area contributed by atoms with Gasteiger partial charge in [0.2, 0.25) is 5.91 Å². The molecule has 0 radical (unpaired) electrons. The number of esters is 1. The molecule has 2 rings (SSSR count). The highest BCUT2D eigenvalue weighted by Gasteiger charge is 2.28. The van der Waals surface area contributed by atoms with Crippen molar-refractivity contribution >= 4 is 23.7 Å². The Hall–Kier alpha value is -3.95. The number of rotatable bonds is 10. The number of nitrogens with zero attached hydrogens (tertiary/aromatic N) is 1. The van der Waals surface area contributed by atoms with E-state index in [4.69, 9.17) is 9.47 Å². The number of nitro benzene ring substituents is 1. The van der Waals surface area contributed by atoms with Gasteiger partial charge in [-0.2, -0.15) is 0 Å². The number of non-ortho nitro benzene ring substituents is 1. The lowest BCUT2D eigenvalue weighted by molar-refractivity contribution is -0.384. The number of benzene rings is 2. The van der Waals surface area contributed by atoms with E-state index in [0.29, 0.717) is 5.56 Å². The van der Waals surface area contributed by atoms with Crippen LogP contribution in [0, 0.1) is 16.0 Å². The van der Waals surface area contributed by atoms with Crippen LogP contribution in [0.25, 0.3) is 0 Å². The first-order valence-corrected chi connectivity index (χ1v) is 10.3. The molecule has 2 aromatic rings. The first-order valence-electron chi connectivity index (χ1n) is 10.3. The quantitative estimate of drug-likeness (QED) is 0.318. The lowest BCUT2D eigenvalue weighted by atomic mass is 10.0. The third-order valence-electron chi connectivity index (χ3n) is 4.68. The SMILES string of the molecule is CC(C)[C@@H](NC(=O)OCc1ccccc1)C(=O)N[C@@H](C)C(=O)OCc1ccc([N+](=O)[O-])cc1. The van der Waals surface area contributed by atoms with E-state index in [0.717, 1.165) is 5.56 Å². The van der Waals surface area contributed by atoms with Crippen molar-refractivity contribution < 1.29 is 28.8 Å². The van der Waals surface area contributed by atoms with Gasteiger partial charge in [-0.25, -0.2) is 9.59 Å². The molecule has 0 heterocycles. The summed E-state index contributed by atoms with van der Waals surface area (Å²) in [7, 11) is 0. The summed E-state index contributed by atoms with van der Waals surface area (Å²) in [5, 5.41) is 15.7. The topological polar surface area (TPSA) is 137 Å². The van der Waals surface area contributed by atoms with Crippen LogP contribution in [0.5, 0.6) is 0 Å². The van der Waals surface area contributed by atoms with Gasteiger partial charge in [0.05, 0.1) is 4.92 Å². The summed E-state index contributed by atoms with van der Waals surface area (Å²) in [6.45, 7) is 4.92. The van der Waals surface area contributed by atoms with E-state index in [9.17, 15) is 24.5 Å². The normalized spacial score (nSPS) is 12.4. The van der Waals surface area contributed by atoms with Gasteiger partial charge in [-0.15, -0.1) is 0 Å². The number of nitrogens with one attached hydrogen (secondary N) is 2. The summed E-state index contributed by atoms with van der Waals surface area (Å²) in [5.74, 6) is -1.50. The number of hydrogen-bond donors (Lipinski definition) is 2. The van der Waals surface area contributed by atoms with Crippen LogP contribution in [-0.4, -0.2) is 35.0 Å². The first kappa shape index (κ1) is 25.3. The van der Waals surface area contributed by atoms with Gasteiger partial charge in [-0.3, -0.25) is 14.9 Å². The Morgan fingerprint density at radius 1 is 0.879 bits per heavy atom. The molecule has 2 N–H and O–H groups in total. The number of nitro groups is 1. The number of ether oxygens (including phenoxy) is 2. The molecular weight excluding hydrogens is 430 g/mol. The maximum absolute atomic E-state index is 12.6. The molecule has 10 heteroatoms. The second-order valence-electron chi connectivity index (χ2n) is 7.69. The highest BCUT2D eigenvalue weighted by atomic mass is 16.6. The zero-order valence-electron chi connectivity index (χ0n) is 18.6. The van der Waals surface area contributed by atoms with E-state index in [2.05, 4.69) is 10.6 Å².